The van der Waals surface area contributed by atoms with Gasteiger partial charge in [-0.2, -0.15) is 0 Å². The zero-order valence-electron chi connectivity index (χ0n) is 14.9. The van der Waals surface area contributed by atoms with E-state index in [9.17, 15) is 13.2 Å². The van der Waals surface area contributed by atoms with Crippen molar-refractivity contribution in [1.29, 1.82) is 0 Å². The van der Waals surface area contributed by atoms with Gasteiger partial charge in [0.15, 0.2) is 0 Å². The molecule has 0 bridgehead atoms. The highest BCUT2D eigenvalue weighted by molar-refractivity contribution is 7.92. The molecule has 0 aliphatic carbocycles. The van der Waals surface area contributed by atoms with Crippen LogP contribution < -0.4 is 15.8 Å². The summed E-state index contributed by atoms with van der Waals surface area (Å²) in [5.74, 6) is 0.251. The SMILES string of the molecule is CS(=O)(=O)Nc1cc(Cl)cc(NC(=O)c2cc(CN)n(-c3ccccn3)c2)c1. The van der Waals surface area contributed by atoms with E-state index in [1.807, 2.05) is 6.07 Å². The van der Waals surface area contributed by atoms with Crippen LogP contribution in [0.4, 0.5) is 11.4 Å². The number of hydrogen-bond donors (Lipinski definition) is 3. The Morgan fingerprint density at radius 2 is 1.96 bits per heavy atom. The van der Waals surface area contributed by atoms with Crippen LogP contribution in [0.3, 0.4) is 0 Å². The Morgan fingerprint density at radius 3 is 2.61 bits per heavy atom. The first kappa shape index (κ1) is 19.9. The van der Waals surface area contributed by atoms with Gasteiger partial charge in [0.1, 0.15) is 5.82 Å². The highest BCUT2D eigenvalue weighted by atomic mass is 35.5. The van der Waals surface area contributed by atoms with Crippen LogP contribution in [0.2, 0.25) is 5.02 Å². The second kappa shape index (κ2) is 8.01. The lowest BCUT2D eigenvalue weighted by molar-refractivity contribution is 0.102. The molecule has 0 aliphatic rings. The molecule has 0 aliphatic heterocycles. The summed E-state index contributed by atoms with van der Waals surface area (Å²) in [6.07, 6.45) is 4.32. The van der Waals surface area contributed by atoms with Crippen LogP contribution in [0, 0.1) is 0 Å². The maximum atomic E-state index is 12.7. The quantitative estimate of drug-likeness (QED) is 0.567. The maximum absolute atomic E-state index is 12.7. The highest BCUT2D eigenvalue weighted by Gasteiger charge is 2.14. The summed E-state index contributed by atoms with van der Waals surface area (Å²) >= 11 is 6.03. The van der Waals surface area contributed by atoms with Crippen LogP contribution >= 0.6 is 11.6 Å². The van der Waals surface area contributed by atoms with Crippen LogP contribution in [0.5, 0.6) is 0 Å². The molecule has 3 aromatic rings. The van der Waals surface area contributed by atoms with Crippen LogP contribution in [-0.4, -0.2) is 30.1 Å². The van der Waals surface area contributed by atoms with Gasteiger partial charge in [0.25, 0.3) is 5.91 Å². The number of amides is 1. The van der Waals surface area contributed by atoms with Crippen LogP contribution in [0.25, 0.3) is 5.82 Å². The van der Waals surface area contributed by atoms with Gasteiger partial charge < -0.3 is 15.6 Å². The van der Waals surface area contributed by atoms with Gasteiger partial charge >= 0.3 is 0 Å². The molecule has 146 valence electrons. The van der Waals surface area contributed by atoms with Crippen LogP contribution in [0.15, 0.2) is 54.9 Å². The second-order valence-corrected chi connectivity index (χ2v) is 8.22. The van der Waals surface area contributed by atoms with E-state index < -0.39 is 15.9 Å². The first-order chi connectivity index (χ1) is 13.2. The Bertz CT molecular complexity index is 1110. The molecule has 0 saturated carbocycles. The Labute approximate surface area is 167 Å². The van der Waals surface area contributed by atoms with E-state index in [1.54, 1.807) is 35.2 Å². The van der Waals surface area contributed by atoms with Crippen molar-refractivity contribution in [3.05, 3.63) is 71.1 Å². The molecule has 0 unspecified atom stereocenters. The number of nitrogens with one attached hydrogen (secondary N) is 2. The Kier molecular flexibility index (Phi) is 5.68. The van der Waals surface area contributed by atoms with Crippen molar-refractivity contribution >= 4 is 38.9 Å². The van der Waals surface area contributed by atoms with E-state index in [1.165, 1.54) is 18.2 Å². The summed E-state index contributed by atoms with van der Waals surface area (Å²) in [6.45, 7) is 0.226. The number of carbonyl (C=O) groups excluding carboxylic acids is 1. The summed E-state index contributed by atoms with van der Waals surface area (Å²) in [4.78, 5) is 16.9. The molecule has 2 aromatic heterocycles. The standard InChI is InChI=1S/C18H18ClN5O3S/c1-28(26,27)23-15-8-13(19)7-14(9-15)22-18(25)12-6-16(10-20)24(11-12)17-4-2-3-5-21-17/h2-9,11,23H,10,20H2,1H3,(H,22,25). The number of pyridine rings is 1. The van der Waals surface area contributed by atoms with E-state index in [2.05, 4.69) is 15.0 Å². The Morgan fingerprint density at radius 1 is 1.21 bits per heavy atom. The molecule has 10 heteroatoms. The van der Waals surface area contributed by atoms with Gasteiger partial charge in [0, 0.05) is 35.3 Å². The normalized spacial score (nSPS) is 11.2. The smallest absolute Gasteiger partial charge is 0.257 e. The number of halogens is 1. The largest absolute Gasteiger partial charge is 0.325 e. The van der Waals surface area contributed by atoms with Crippen molar-refractivity contribution in [3.63, 3.8) is 0 Å². The third-order valence-corrected chi connectivity index (χ3v) is 4.55. The maximum Gasteiger partial charge on any atom is 0.257 e. The fourth-order valence-corrected chi connectivity index (χ4v) is 3.42. The molecular formula is C18H18ClN5O3S. The molecular weight excluding hydrogens is 402 g/mol. The van der Waals surface area contributed by atoms with Gasteiger partial charge in [-0.3, -0.25) is 9.52 Å². The van der Waals surface area contributed by atoms with E-state index >= 15 is 0 Å². The second-order valence-electron chi connectivity index (χ2n) is 6.04. The first-order valence-electron chi connectivity index (χ1n) is 8.17. The third-order valence-electron chi connectivity index (χ3n) is 3.73. The lowest BCUT2D eigenvalue weighted by atomic mass is 10.2. The molecule has 3 rings (SSSR count). The predicted molar refractivity (Wildman–Crippen MR) is 109 cm³/mol. The summed E-state index contributed by atoms with van der Waals surface area (Å²) in [7, 11) is -3.47. The summed E-state index contributed by atoms with van der Waals surface area (Å²) in [5, 5.41) is 2.98. The van der Waals surface area contributed by atoms with Gasteiger partial charge in [-0.25, -0.2) is 13.4 Å². The lowest BCUT2D eigenvalue weighted by Gasteiger charge is -2.09. The fourth-order valence-electron chi connectivity index (χ4n) is 2.64. The Hall–Kier alpha value is -2.88. The van der Waals surface area contributed by atoms with E-state index in [4.69, 9.17) is 17.3 Å². The van der Waals surface area contributed by atoms with Gasteiger partial charge in [-0.15, -0.1) is 0 Å². The van der Waals surface area contributed by atoms with Crippen LogP contribution in [-0.2, 0) is 16.6 Å². The topological polar surface area (TPSA) is 119 Å². The number of aromatic nitrogens is 2. The minimum atomic E-state index is -3.47. The number of nitrogens with two attached hydrogens (primary N) is 1. The molecule has 0 saturated heterocycles. The molecule has 28 heavy (non-hydrogen) atoms. The number of benzene rings is 1. The van der Waals surface area contributed by atoms with Crippen molar-refractivity contribution in [2.24, 2.45) is 5.73 Å². The summed E-state index contributed by atoms with van der Waals surface area (Å²) in [5.41, 5.74) is 7.48. The third kappa shape index (κ3) is 4.89. The molecule has 8 nitrogen and oxygen atoms in total. The molecule has 1 amide bonds. The fraction of sp³-hybridized carbons (Fsp3) is 0.111. The number of anilines is 2. The molecule has 4 N–H and O–H groups in total. The predicted octanol–water partition coefficient (Wildman–Crippen LogP) is 2.61. The average Bonchev–Trinajstić information content (AvgIpc) is 3.05. The highest BCUT2D eigenvalue weighted by Crippen LogP contribution is 2.24. The van der Waals surface area contributed by atoms with Crippen molar-refractivity contribution < 1.29 is 13.2 Å². The van der Waals surface area contributed by atoms with Crippen molar-refractivity contribution in [3.8, 4) is 5.82 Å². The lowest BCUT2D eigenvalue weighted by Crippen LogP contribution is -2.13. The molecule has 0 fully saturated rings. The zero-order chi connectivity index (χ0) is 20.3. The van der Waals surface area contributed by atoms with E-state index in [0.29, 0.717) is 17.1 Å². The number of hydrogen-bond acceptors (Lipinski definition) is 5. The molecule has 0 radical (unpaired) electrons. The molecule has 0 spiro atoms. The minimum Gasteiger partial charge on any atom is -0.325 e. The van der Waals surface area contributed by atoms with Gasteiger partial charge in [-0.1, -0.05) is 17.7 Å². The number of nitrogens with zero attached hydrogens (tertiary/aromatic N) is 2. The minimum absolute atomic E-state index is 0.226. The average molecular weight is 420 g/mol. The molecule has 0 atom stereocenters. The van der Waals surface area contributed by atoms with Crippen LogP contribution in [0.1, 0.15) is 16.1 Å². The van der Waals surface area contributed by atoms with Crippen molar-refractivity contribution in [2.45, 2.75) is 6.54 Å². The monoisotopic (exact) mass is 419 g/mol. The van der Waals surface area contributed by atoms with Gasteiger partial charge in [0.2, 0.25) is 10.0 Å². The summed E-state index contributed by atoms with van der Waals surface area (Å²) in [6, 6.07) is 11.6. The zero-order valence-corrected chi connectivity index (χ0v) is 16.5. The summed E-state index contributed by atoms with van der Waals surface area (Å²) < 4.78 is 26.9. The van der Waals surface area contributed by atoms with Gasteiger partial charge in [0.05, 0.1) is 17.5 Å². The first-order valence-corrected chi connectivity index (χ1v) is 10.4. The number of sulfonamides is 1. The molecule has 2 heterocycles. The van der Waals surface area contributed by atoms with E-state index in [-0.39, 0.29) is 17.3 Å². The van der Waals surface area contributed by atoms with Crippen molar-refractivity contribution in [1.82, 2.24) is 9.55 Å². The van der Waals surface area contributed by atoms with Gasteiger partial charge in [-0.05, 0) is 36.4 Å². The number of rotatable bonds is 6. The number of carbonyl (C=O) groups is 1. The van der Waals surface area contributed by atoms with E-state index in [0.717, 1.165) is 11.9 Å². The molecule has 1 aromatic carbocycles. The van der Waals surface area contributed by atoms with Crippen molar-refractivity contribution in [2.75, 3.05) is 16.3 Å². The Balaban J connectivity index is 1.87.